The van der Waals surface area contributed by atoms with Crippen molar-refractivity contribution in [1.82, 2.24) is 4.57 Å². The Morgan fingerprint density at radius 1 is 0.704 bits per heavy atom. The van der Waals surface area contributed by atoms with Gasteiger partial charge in [-0.15, -0.1) is 0 Å². The first-order valence-electron chi connectivity index (χ1n) is 8.38. The van der Waals surface area contributed by atoms with Gasteiger partial charge in [-0.05, 0) is 35.0 Å². The van der Waals surface area contributed by atoms with Crippen LogP contribution in [0.15, 0.2) is 82.4 Å². The summed E-state index contributed by atoms with van der Waals surface area (Å²) in [6.07, 6.45) is 0. The number of methoxy groups -OCH3 is 1. The van der Waals surface area contributed by atoms with Crippen molar-refractivity contribution in [2.45, 2.75) is 0 Å². The fourth-order valence-electron chi connectivity index (χ4n) is 3.31. The number of carbonyl (C=O) groups excluding carboxylic acids is 1. The Balaban J connectivity index is 2.30. The van der Waals surface area contributed by atoms with E-state index >= 15 is 0 Å². The van der Waals surface area contributed by atoms with Crippen LogP contribution >= 0.6 is 0 Å². The Bertz CT molecular complexity index is 1250. The van der Waals surface area contributed by atoms with E-state index in [1.165, 1.54) is 13.2 Å². The number of aromatic nitrogens is 1. The summed E-state index contributed by atoms with van der Waals surface area (Å²) in [4.78, 5) is 38.9. The maximum Gasteiger partial charge on any atom is 0.339 e. The van der Waals surface area contributed by atoms with Crippen molar-refractivity contribution >= 4 is 27.5 Å². The predicted molar refractivity (Wildman–Crippen MR) is 105 cm³/mol. The number of carbonyl (C=O) groups is 1. The number of ether oxygens (including phenoxy) is 1. The molecule has 0 N–H and O–H groups in total. The molecule has 132 valence electrons. The summed E-state index contributed by atoms with van der Waals surface area (Å²) < 4.78 is 5.87. The SMILES string of the molecule is COC(=O)c1ccccc1-n1c(=O)c2ccccc2c2ccccc2c1=O. The molecule has 0 fully saturated rings. The van der Waals surface area contributed by atoms with Crippen LogP contribution in [0, 0.1) is 0 Å². The Morgan fingerprint density at radius 2 is 1.15 bits per heavy atom. The summed E-state index contributed by atoms with van der Waals surface area (Å²) in [5.41, 5.74) is -0.615. The predicted octanol–water partition coefficient (Wildman–Crippen LogP) is 3.29. The number of benzene rings is 3. The molecule has 0 aliphatic heterocycles. The van der Waals surface area contributed by atoms with E-state index in [1.54, 1.807) is 42.5 Å². The molecule has 5 heteroatoms. The second-order valence-electron chi connectivity index (χ2n) is 6.05. The molecule has 27 heavy (non-hydrogen) atoms. The summed E-state index contributed by atoms with van der Waals surface area (Å²) in [6, 6.07) is 20.6. The minimum atomic E-state index is -0.614. The summed E-state index contributed by atoms with van der Waals surface area (Å²) in [5, 5.41) is 2.17. The van der Waals surface area contributed by atoms with Crippen LogP contribution in [-0.2, 0) is 4.74 Å². The molecule has 1 heterocycles. The average Bonchev–Trinajstić information content (AvgIpc) is 2.81. The van der Waals surface area contributed by atoms with Gasteiger partial charge in [-0.2, -0.15) is 0 Å². The van der Waals surface area contributed by atoms with Gasteiger partial charge in [0.15, 0.2) is 0 Å². The van der Waals surface area contributed by atoms with Gasteiger partial charge in [0, 0.05) is 10.8 Å². The Labute approximate surface area is 154 Å². The van der Waals surface area contributed by atoms with Crippen LogP contribution in [0.2, 0.25) is 0 Å². The normalized spacial score (nSPS) is 10.9. The number of para-hydroxylation sites is 1. The van der Waals surface area contributed by atoms with Crippen molar-refractivity contribution < 1.29 is 9.53 Å². The number of esters is 1. The first kappa shape index (κ1) is 16.7. The number of hydrogen-bond acceptors (Lipinski definition) is 4. The topological polar surface area (TPSA) is 65.4 Å². The van der Waals surface area contributed by atoms with E-state index in [-0.39, 0.29) is 11.3 Å². The standard InChI is InChI=1S/C22H15NO4/c1-27-22(26)18-12-6-7-13-19(18)23-20(24)16-10-4-2-8-14(16)15-9-3-5-11-17(15)21(23)25/h2-13H,1H3. The molecule has 0 aliphatic rings. The quantitative estimate of drug-likeness (QED) is 0.517. The van der Waals surface area contributed by atoms with E-state index in [0.717, 1.165) is 4.57 Å². The second-order valence-corrected chi connectivity index (χ2v) is 6.05. The molecule has 3 aromatic carbocycles. The van der Waals surface area contributed by atoms with E-state index in [0.29, 0.717) is 21.5 Å². The third kappa shape index (κ3) is 2.60. The minimum Gasteiger partial charge on any atom is -0.465 e. The van der Waals surface area contributed by atoms with Gasteiger partial charge in [-0.1, -0.05) is 48.5 Å². The largest absolute Gasteiger partial charge is 0.465 e. The number of fused-ring (bicyclic) bond motifs is 3. The van der Waals surface area contributed by atoms with E-state index in [4.69, 9.17) is 4.74 Å². The smallest absolute Gasteiger partial charge is 0.339 e. The molecule has 0 saturated heterocycles. The monoisotopic (exact) mass is 357 g/mol. The molecule has 0 radical (unpaired) electrons. The molecule has 4 aromatic rings. The fourth-order valence-corrected chi connectivity index (χ4v) is 3.31. The van der Waals surface area contributed by atoms with Crippen LogP contribution in [-0.4, -0.2) is 17.6 Å². The van der Waals surface area contributed by atoms with Gasteiger partial charge in [0.25, 0.3) is 11.1 Å². The van der Waals surface area contributed by atoms with Crippen LogP contribution in [0.25, 0.3) is 27.2 Å². The zero-order valence-electron chi connectivity index (χ0n) is 14.5. The van der Waals surface area contributed by atoms with Crippen LogP contribution in [0.1, 0.15) is 10.4 Å². The molecule has 0 amide bonds. The molecule has 0 unspecified atom stereocenters. The van der Waals surface area contributed by atoms with Gasteiger partial charge in [-0.3, -0.25) is 9.59 Å². The molecule has 4 rings (SSSR count). The van der Waals surface area contributed by atoms with Gasteiger partial charge >= 0.3 is 5.97 Å². The number of nitrogens with zero attached hydrogens (tertiary/aromatic N) is 1. The molecule has 0 spiro atoms. The molecule has 5 nitrogen and oxygen atoms in total. The van der Waals surface area contributed by atoms with E-state index in [1.807, 2.05) is 24.3 Å². The highest BCUT2D eigenvalue weighted by Gasteiger charge is 2.18. The molecule has 0 saturated carbocycles. The first-order valence-corrected chi connectivity index (χ1v) is 8.38. The van der Waals surface area contributed by atoms with E-state index in [2.05, 4.69) is 0 Å². The van der Waals surface area contributed by atoms with Crippen LogP contribution < -0.4 is 11.1 Å². The van der Waals surface area contributed by atoms with Gasteiger partial charge in [0.2, 0.25) is 0 Å². The van der Waals surface area contributed by atoms with E-state index in [9.17, 15) is 14.4 Å². The zero-order chi connectivity index (χ0) is 19.0. The van der Waals surface area contributed by atoms with Gasteiger partial charge in [-0.25, -0.2) is 9.36 Å². The third-order valence-electron chi connectivity index (χ3n) is 4.56. The molecule has 0 aliphatic carbocycles. The Kier molecular flexibility index (Phi) is 4.05. The summed E-state index contributed by atoms with van der Waals surface area (Å²) in [7, 11) is 1.26. The zero-order valence-corrected chi connectivity index (χ0v) is 14.5. The van der Waals surface area contributed by atoms with Crippen LogP contribution in [0.5, 0.6) is 0 Å². The highest BCUT2D eigenvalue weighted by molar-refractivity contribution is 6.05. The lowest BCUT2D eigenvalue weighted by Crippen LogP contribution is -2.30. The van der Waals surface area contributed by atoms with Crippen molar-refractivity contribution in [2.24, 2.45) is 0 Å². The number of hydrogen-bond donors (Lipinski definition) is 0. The molecule has 0 bridgehead atoms. The van der Waals surface area contributed by atoms with Crippen molar-refractivity contribution in [3.8, 4) is 5.69 Å². The Morgan fingerprint density at radius 3 is 1.67 bits per heavy atom. The lowest BCUT2D eigenvalue weighted by Gasteiger charge is -2.08. The van der Waals surface area contributed by atoms with Gasteiger partial charge in [0.1, 0.15) is 0 Å². The van der Waals surface area contributed by atoms with Gasteiger partial charge in [0.05, 0.1) is 18.4 Å². The summed E-state index contributed by atoms with van der Waals surface area (Å²) in [5.74, 6) is -0.614. The van der Waals surface area contributed by atoms with Crippen molar-refractivity contribution in [3.63, 3.8) is 0 Å². The van der Waals surface area contributed by atoms with Crippen LogP contribution in [0.3, 0.4) is 0 Å². The highest BCUT2D eigenvalue weighted by Crippen LogP contribution is 2.21. The average molecular weight is 357 g/mol. The van der Waals surface area contributed by atoms with Crippen molar-refractivity contribution in [1.29, 1.82) is 0 Å². The lowest BCUT2D eigenvalue weighted by atomic mass is 10.1. The minimum absolute atomic E-state index is 0.151. The number of rotatable bonds is 2. The first-order chi connectivity index (χ1) is 13.1. The molecular formula is C22H15NO4. The molecular weight excluding hydrogens is 342 g/mol. The third-order valence-corrected chi connectivity index (χ3v) is 4.56. The fraction of sp³-hybridized carbons (Fsp3) is 0.0455. The summed E-state index contributed by atoms with van der Waals surface area (Å²) in [6.45, 7) is 0. The van der Waals surface area contributed by atoms with Crippen LogP contribution in [0.4, 0.5) is 0 Å². The van der Waals surface area contributed by atoms with Crippen molar-refractivity contribution in [3.05, 3.63) is 99.1 Å². The Hall–Kier alpha value is -3.73. The highest BCUT2D eigenvalue weighted by atomic mass is 16.5. The molecule has 1 aromatic heterocycles. The van der Waals surface area contributed by atoms with E-state index < -0.39 is 17.1 Å². The maximum atomic E-state index is 13.3. The summed E-state index contributed by atoms with van der Waals surface area (Å²) >= 11 is 0. The molecule has 0 atom stereocenters. The lowest BCUT2D eigenvalue weighted by molar-refractivity contribution is 0.0600. The maximum absolute atomic E-state index is 13.3. The second kappa shape index (κ2) is 6.53. The van der Waals surface area contributed by atoms with Crippen molar-refractivity contribution in [2.75, 3.05) is 7.11 Å². The van der Waals surface area contributed by atoms with Gasteiger partial charge < -0.3 is 4.74 Å².